The third-order valence-corrected chi connectivity index (χ3v) is 6.08. The van der Waals surface area contributed by atoms with E-state index in [-0.39, 0.29) is 19.6 Å². The van der Waals surface area contributed by atoms with E-state index in [4.69, 9.17) is 14.2 Å². The number of ether oxygens (including phenoxy) is 3. The SMILES string of the molecule is O=C(O)N1C(O)CC(OCc2ccccc2)[C@H](OCc2ccccc2)[C@H]1COCc1ccccc1. The minimum Gasteiger partial charge on any atom is -0.465 e. The number of piperidine rings is 1. The van der Waals surface area contributed by atoms with Gasteiger partial charge in [-0.2, -0.15) is 0 Å². The van der Waals surface area contributed by atoms with Crippen molar-refractivity contribution < 1.29 is 29.2 Å². The Bertz CT molecular complexity index is 1030. The number of hydrogen-bond acceptors (Lipinski definition) is 5. The first kappa shape index (κ1) is 24.9. The summed E-state index contributed by atoms with van der Waals surface area (Å²) in [5.41, 5.74) is 2.93. The molecule has 1 heterocycles. The first-order valence-corrected chi connectivity index (χ1v) is 11.7. The molecule has 3 aromatic rings. The second-order valence-corrected chi connectivity index (χ2v) is 8.57. The van der Waals surface area contributed by atoms with Crippen LogP contribution in [0.25, 0.3) is 0 Å². The highest BCUT2D eigenvalue weighted by Crippen LogP contribution is 2.29. The van der Waals surface area contributed by atoms with E-state index < -0.39 is 30.6 Å². The molecule has 4 atom stereocenters. The maximum atomic E-state index is 12.1. The lowest BCUT2D eigenvalue weighted by Gasteiger charge is -2.46. The number of aliphatic hydroxyl groups excluding tert-OH is 1. The van der Waals surface area contributed by atoms with Gasteiger partial charge in [-0.15, -0.1) is 0 Å². The lowest BCUT2D eigenvalue weighted by molar-refractivity contribution is -0.193. The Morgan fingerprint density at radius 3 is 1.77 bits per heavy atom. The Kier molecular flexibility index (Phi) is 8.86. The molecular formula is C28H31NO6. The van der Waals surface area contributed by atoms with Gasteiger partial charge in [0.05, 0.1) is 38.6 Å². The van der Waals surface area contributed by atoms with Crippen LogP contribution in [-0.4, -0.2) is 52.3 Å². The number of aliphatic hydroxyl groups is 1. The number of nitrogens with zero attached hydrogens (tertiary/aromatic N) is 1. The Morgan fingerprint density at radius 1 is 0.771 bits per heavy atom. The number of rotatable bonds is 10. The zero-order chi connectivity index (χ0) is 24.5. The first-order valence-electron chi connectivity index (χ1n) is 11.7. The van der Waals surface area contributed by atoms with E-state index in [1.54, 1.807) is 0 Å². The fraction of sp³-hybridized carbons (Fsp3) is 0.321. The molecule has 35 heavy (non-hydrogen) atoms. The highest BCUT2D eigenvalue weighted by molar-refractivity contribution is 5.66. The van der Waals surface area contributed by atoms with Crippen LogP contribution in [-0.2, 0) is 34.0 Å². The molecule has 1 amide bonds. The van der Waals surface area contributed by atoms with E-state index in [9.17, 15) is 15.0 Å². The molecule has 3 aromatic carbocycles. The second-order valence-electron chi connectivity index (χ2n) is 8.57. The van der Waals surface area contributed by atoms with Gasteiger partial charge in [0.2, 0.25) is 0 Å². The third-order valence-electron chi connectivity index (χ3n) is 6.08. The minimum atomic E-state index is -1.23. The smallest absolute Gasteiger partial charge is 0.409 e. The van der Waals surface area contributed by atoms with Gasteiger partial charge in [0, 0.05) is 6.42 Å². The summed E-state index contributed by atoms with van der Waals surface area (Å²) in [6.45, 7) is 0.994. The number of carboxylic acid groups (broad SMARTS) is 1. The second kappa shape index (κ2) is 12.5. The molecule has 1 saturated heterocycles. The predicted octanol–water partition coefficient (Wildman–Crippen LogP) is 4.44. The molecule has 0 aliphatic carbocycles. The average Bonchev–Trinajstić information content (AvgIpc) is 2.88. The van der Waals surface area contributed by atoms with E-state index in [0.717, 1.165) is 21.6 Å². The number of hydrogen-bond donors (Lipinski definition) is 2. The van der Waals surface area contributed by atoms with Gasteiger partial charge in [-0.25, -0.2) is 4.79 Å². The molecule has 7 nitrogen and oxygen atoms in total. The Hall–Kier alpha value is -3.23. The van der Waals surface area contributed by atoms with E-state index in [1.165, 1.54) is 0 Å². The van der Waals surface area contributed by atoms with Crippen molar-refractivity contribution in [2.75, 3.05) is 6.61 Å². The van der Waals surface area contributed by atoms with E-state index in [1.807, 2.05) is 91.0 Å². The van der Waals surface area contributed by atoms with Crippen LogP contribution in [0.3, 0.4) is 0 Å². The molecule has 184 valence electrons. The molecule has 2 N–H and O–H groups in total. The van der Waals surface area contributed by atoms with Crippen molar-refractivity contribution in [2.45, 2.75) is 50.7 Å². The van der Waals surface area contributed by atoms with Crippen molar-refractivity contribution in [1.82, 2.24) is 4.90 Å². The highest BCUT2D eigenvalue weighted by atomic mass is 16.5. The van der Waals surface area contributed by atoms with E-state index in [2.05, 4.69) is 0 Å². The third kappa shape index (κ3) is 6.90. The summed E-state index contributed by atoms with van der Waals surface area (Å²) in [6, 6.07) is 28.3. The first-order chi connectivity index (χ1) is 17.1. The molecule has 1 aliphatic heterocycles. The highest BCUT2D eigenvalue weighted by Gasteiger charge is 2.46. The van der Waals surface area contributed by atoms with Crippen LogP contribution < -0.4 is 0 Å². The van der Waals surface area contributed by atoms with Crippen LogP contribution in [0.5, 0.6) is 0 Å². The molecule has 0 aromatic heterocycles. The van der Waals surface area contributed by atoms with Crippen LogP contribution in [0.2, 0.25) is 0 Å². The molecule has 0 bridgehead atoms. The van der Waals surface area contributed by atoms with Gasteiger partial charge in [0.15, 0.2) is 0 Å². The van der Waals surface area contributed by atoms with Crippen molar-refractivity contribution in [2.24, 2.45) is 0 Å². The molecule has 0 spiro atoms. The molecule has 7 heteroatoms. The summed E-state index contributed by atoms with van der Waals surface area (Å²) in [5, 5.41) is 20.7. The van der Waals surface area contributed by atoms with Gasteiger partial charge in [-0.05, 0) is 16.7 Å². The molecule has 0 radical (unpaired) electrons. The van der Waals surface area contributed by atoms with Gasteiger partial charge in [-0.1, -0.05) is 91.0 Å². The van der Waals surface area contributed by atoms with Gasteiger partial charge >= 0.3 is 6.09 Å². The number of benzene rings is 3. The normalized spacial score (nSPS) is 22.1. The molecule has 2 unspecified atom stereocenters. The fourth-order valence-electron chi connectivity index (χ4n) is 4.32. The van der Waals surface area contributed by atoms with Gasteiger partial charge in [0.1, 0.15) is 12.3 Å². The topological polar surface area (TPSA) is 88.5 Å². The summed E-state index contributed by atoms with van der Waals surface area (Å²) in [6.07, 6.45) is -3.49. The van der Waals surface area contributed by atoms with E-state index in [0.29, 0.717) is 13.2 Å². The van der Waals surface area contributed by atoms with Crippen LogP contribution in [0.15, 0.2) is 91.0 Å². The van der Waals surface area contributed by atoms with Crippen molar-refractivity contribution >= 4 is 6.09 Å². The van der Waals surface area contributed by atoms with Crippen molar-refractivity contribution in [1.29, 1.82) is 0 Å². The van der Waals surface area contributed by atoms with Gasteiger partial charge in [0.25, 0.3) is 0 Å². The Morgan fingerprint density at radius 2 is 1.26 bits per heavy atom. The summed E-state index contributed by atoms with van der Waals surface area (Å²) < 4.78 is 18.4. The zero-order valence-electron chi connectivity index (χ0n) is 19.5. The van der Waals surface area contributed by atoms with Crippen LogP contribution in [0.1, 0.15) is 23.1 Å². The van der Waals surface area contributed by atoms with Crippen LogP contribution >= 0.6 is 0 Å². The molecule has 0 saturated carbocycles. The summed E-state index contributed by atoms with van der Waals surface area (Å²) in [7, 11) is 0. The maximum absolute atomic E-state index is 12.1. The number of amides is 1. The Labute approximate surface area is 205 Å². The molecular weight excluding hydrogens is 446 g/mol. The fourth-order valence-corrected chi connectivity index (χ4v) is 4.32. The van der Waals surface area contributed by atoms with Crippen molar-refractivity contribution in [3.8, 4) is 0 Å². The predicted molar refractivity (Wildman–Crippen MR) is 130 cm³/mol. The standard InChI is InChI=1S/C28H31NO6/c30-26-16-25(34-18-22-12-6-2-7-13-22)27(35-19-23-14-8-3-9-15-23)24(29(26)28(31)32)20-33-17-21-10-4-1-5-11-21/h1-15,24-27,30H,16-20H2,(H,31,32)/t24-,25?,26?,27-/m1/s1. The average molecular weight is 478 g/mol. The monoisotopic (exact) mass is 477 g/mol. The largest absolute Gasteiger partial charge is 0.465 e. The summed E-state index contributed by atoms with van der Waals surface area (Å²) >= 11 is 0. The lowest BCUT2D eigenvalue weighted by Crippen LogP contribution is -2.63. The summed E-state index contributed by atoms with van der Waals surface area (Å²) in [4.78, 5) is 13.2. The lowest BCUT2D eigenvalue weighted by atomic mass is 9.94. The maximum Gasteiger partial charge on any atom is 0.409 e. The number of carbonyl (C=O) groups is 1. The summed E-state index contributed by atoms with van der Waals surface area (Å²) in [5.74, 6) is 0. The van der Waals surface area contributed by atoms with Gasteiger partial charge in [-0.3, -0.25) is 4.90 Å². The minimum absolute atomic E-state index is 0.0584. The van der Waals surface area contributed by atoms with Crippen molar-refractivity contribution in [3.05, 3.63) is 108 Å². The zero-order valence-corrected chi connectivity index (χ0v) is 19.5. The van der Waals surface area contributed by atoms with Gasteiger partial charge < -0.3 is 24.4 Å². The van der Waals surface area contributed by atoms with E-state index >= 15 is 0 Å². The Balaban J connectivity index is 1.53. The molecule has 4 rings (SSSR count). The molecule has 1 aliphatic rings. The number of likely N-dealkylation sites (tertiary alicyclic amines) is 1. The van der Waals surface area contributed by atoms with Crippen LogP contribution in [0, 0.1) is 0 Å². The van der Waals surface area contributed by atoms with Crippen LogP contribution in [0.4, 0.5) is 4.79 Å². The quantitative estimate of drug-likeness (QED) is 0.449. The molecule has 1 fully saturated rings. The van der Waals surface area contributed by atoms with Crippen molar-refractivity contribution in [3.63, 3.8) is 0 Å².